The fourth-order valence-electron chi connectivity index (χ4n) is 3.58. The normalized spacial score (nSPS) is 17.9. The van der Waals surface area contributed by atoms with Crippen LogP contribution in [0.15, 0.2) is 36.9 Å². The fraction of sp³-hybridized carbons (Fsp3) is 0.500. The van der Waals surface area contributed by atoms with Crippen molar-refractivity contribution in [3.8, 4) is 0 Å². The van der Waals surface area contributed by atoms with Gasteiger partial charge >= 0.3 is 0 Å². The van der Waals surface area contributed by atoms with Crippen molar-refractivity contribution in [1.29, 1.82) is 0 Å². The molecule has 2 saturated heterocycles. The number of aromatic nitrogens is 3. The monoisotopic (exact) mass is 397 g/mol. The number of amides is 1. The van der Waals surface area contributed by atoms with Crippen LogP contribution in [0.2, 0.25) is 0 Å². The van der Waals surface area contributed by atoms with Gasteiger partial charge < -0.3 is 19.9 Å². The van der Waals surface area contributed by atoms with Crippen LogP contribution in [0, 0.1) is 0 Å². The predicted molar refractivity (Wildman–Crippen MR) is 110 cm³/mol. The lowest BCUT2D eigenvalue weighted by Gasteiger charge is -2.34. The van der Waals surface area contributed by atoms with Gasteiger partial charge in [-0.05, 0) is 12.1 Å². The average Bonchev–Trinajstić information content (AvgIpc) is 2.80. The van der Waals surface area contributed by atoms with Crippen LogP contribution in [0.5, 0.6) is 0 Å². The van der Waals surface area contributed by atoms with E-state index < -0.39 is 0 Å². The summed E-state index contributed by atoms with van der Waals surface area (Å²) in [6.45, 7) is 8.04. The molecule has 1 amide bonds. The number of pyridine rings is 1. The Balaban J connectivity index is 1.28. The standard InChI is InChI=1S/C20H27N7O2/c28-19(26-6-8-27(9-7-26)20-23-2-1-3-24-20)17-14-18(16-21-15-17)22-4-5-25-10-12-29-13-11-25/h1-3,14-16,22H,4-13H2. The van der Waals surface area contributed by atoms with Crippen molar-refractivity contribution in [1.82, 2.24) is 24.8 Å². The summed E-state index contributed by atoms with van der Waals surface area (Å²) in [6.07, 6.45) is 6.88. The summed E-state index contributed by atoms with van der Waals surface area (Å²) < 4.78 is 5.37. The summed E-state index contributed by atoms with van der Waals surface area (Å²) in [4.78, 5) is 32.1. The number of hydrogen-bond donors (Lipinski definition) is 1. The maximum absolute atomic E-state index is 12.9. The van der Waals surface area contributed by atoms with Gasteiger partial charge in [-0.2, -0.15) is 0 Å². The Bertz CT molecular complexity index is 790. The average molecular weight is 397 g/mol. The number of carbonyl (C=O) groups is 1. The van der Waals surface area contributed by atoms with Gasteiger partial charge in [0.1, 0.15) is 0 Å². The minimum atomic E-state index is 0.0166. The molecule has 0 radical (unpaired) electrons. The minimum Gasteiger partial charge on any atom is -0.382 e. The molecule has 0 saturated carbocycles. The molecule has 2 fully saturated rings. The molecular formula is C20H27N7O2. The van der Waals surface area contributed by atoms with E-state index in [1.54, 1.807) is 30.9 Å². The molecule has 0 spiro atoms. The third kappa shape index (κ3) is 5.18. The van der Waals surface area contributed by atoms with E-state index in [0.717, 1.165) is 58.2 Å². The summed E-state index contributed by atoms with van der Waals surface area (Å²) in [7, 11) is 0. The molecular weight excluding hydrogens is 370 g/mol. The summed E-state index contributed by atoms with van der Waals surface area (Å²) in [5.41, 5.74) is 1.49. The van der Waals surface area contributed by atoms with Crippen molar-refractivity contribution in [3.63, 3.8) is 0 Å². The van der Waals surface area contributed by atoms with Gasteiger partial charge in [0.05, 0.1) is 24.5 Å². The molecule has 9 heteroatoms. The van der Waals surface area contributed by atoms with Crippen LogP contribution in [0.4, 0.5) is 11.6 Å². The Morgan fingerprint density at radius 1 is 1.03 bits per heavy atom. The van der Waals surface area contributed by atoms with E-state index in [0.29, 0.717) is 24.6 Å². The second-order valence-corrected chi connectivity index (χ2v) is 7.17. The molecule has 2 aromatic rings. The highest BCUT2D eigenvalue weighted by Gasteiger charge is 2.23. The smallest absolute Gasteiger partial charge is 0.255 e. The molecule has 0 aliphatic carbocycles. The third-order valence-electron chi connectivity index (χ3n) is 5.25. The van der Waals surface area contributed by atoms with E-state index >= 15 is 0 Å². The zero-order valence-electron chi connectivity index (χ0n) is 16.5. The van der Waals surface area contributed by atoms with E-state index in [9.17, 15) is 4.79 Å². The minimum absolute atomic E-state index is 0.0166. The number of hydrogen-bond acceptors (Lipinski definition) is 8. The van der Waals surface area contributed by atoms with Gasteiger partial charge in [0, 0.05) is 77.1 Å². The molecule has 2 aliphatic rings. The number of nitrogens with zero attached hydrogens (tertiary/aromatic N) is 6. The van der Waals surface area contributed by atoms with Crippen molar-refractivity contribution >= 4 is 17.5 Å². The molecule has 154 valence electrons. The highest BCUT2D eigenvalue weighted by Crippen LogP contribution is 2.14. The van der Waals surface area contributed by atoms with Crippen LogP contribution in [-0.2, 0) is 4.74 Å². The highest BCUT2D eigenvalue weighted by molar-refractivity contribution is 5.94. The second-order valence-electron chi connectivity index (χ2n) is 7.17. The van der Waals surface area contributed by atoms with Gasteiger partial charge in [-0.15, -0.1) is 0 Å². The first-order valence-electron chi connectivity index (χ1n) is 10.1. The maximum atomic E-state index is 12.9. The molecule has 29 heavy (non-hydrogen) atoms. The van der Waals surface area contributed by atoms with Gasteiger partial charge in [0.25, 0.3) is 5.91 Å². The van der Waals surface area contributed by atoms with E-state index in [2.05, 4.69) is 30.1 Å². The number of anilines is 2. The first-order chi connectivity index (χ1) is 14.3. The first kappa shape index (κ1) is 19.5. The Labute approximate surface area is 170 Å². The summed E-state index contributed by atoms with van der Waals surface area (Å²) in [5, 5.41) is 3.38. The Morgan fingerprint density at radius 3 is 2.55 bits per heavy atom. The summed E-state index contributed by atoms with van der Waals surface area (Å²) >= 11 is 0. The number of ether oxygens (including phenoxy) is 1. The molecule has 2 aliphatic heterocycles. The predicted octanol–water partition coefficient (Wildman–Crippen LogP) is 0.578. The van der Waals surface area contributed by atoms with Crippen LogP contribution < -0.4 is 10.2 Å². The lowest BCUT2D eigenvalue weighted by Crippen LogP contribution is -2.49. The lowest BCUT2D eigenvalue weighted by atomic mass is 10.2. The van der Waals surface area contributed by atoms with Crippen LogP contribution in [0.1, 0.15) is 10.4 Å². The Kier molecular flexibility index (Phi) is 6.48. The third-order valence-corrected chi connectivity index (χ3v) is 5.25. The van der Waals surface area contributed by atoms with Gasteiger partial charge in [0.2, 0.25) is 5.95 Å². The van der Waals surface area contributed by atoms with Gasteiger partial charge in [-0.3, -0.25) is 14.7 Å². The number of morpholine rings is 1. The van der Waals surface area contributed by atoms with Crippen LogP contribution in [0.25, 0.3) is 0 Å². The summed E-state index contributed by atoms with van der Waals surface area (Å²) in [5.74, 6) is 0.732. The highest BCUT2D eigenvalue weighted by atomic mass is 16.5. The number of rotatable bonds is 6. The molecule has 4 heterocycles. The van der Waals surface area contributed by atoms with E-state index in [-0.39, 0.29) is 5.91 Å². The van der Waals surface area contributed by atoms with Crippen molar-refractivity contribution in [2.45, 2.75) is 0 Å². The van der Waals surface area contributed by atoms with Crippen LogP contribution in [-0.4, -0.2) is 96.2 Å². The number of piperazine rings is 1. The van der Waals surface area contributed by atoms with Crippen LogP contribution >= 0.6 is 0 Å². The zero-order chi connectivity index (χ0) is 19.9. The van der Waals surface area contributed by atoms with E-state index in [1.165, 1.54) is 0 Å². The first-order valence-corrected chi connectivity index (χ1v) is 10.1. The molecule has 2 aromatic heterocycles. The SMILES string of the molecule is O=C(c1cncc(NCCN2CCOCC2)c1)N1CCN(c2ncccn2)CC1. The van der Waals surface area contributed by atoms with Crippen molar-refractivity contribution in [2.24, 2.45) is 0 Å². The van der Waals surface area contributed by atoms with E-state index in [1.807, 2.05) is 11.0 Å². The molecule has 0 aromatic carbocycles. The fourth-order valence-corrected chi connectivity index (χ4v) is 3.58. The van der Waals surface area contributed by atoms with Crippen molar-refractivity contribution in [3.05, 3.63) is 42.5 Å². The Hall–Kier alpha value is -2.78. The Morgan fingerprint density at radius 2 is 1.79 bits per heavy atom. The lowest BCUT2D eigenvalue weighted by molar-refractivity contribution is 0.0398. The molecule has 4 rings (SSSR count). The molecule has 1 N–H and O–H groups in total. The quantitative estimate of drug-likeness (QED) is 0.758. The number of nitrogens with one attached hydrogen (secondary N) is 1. The van der Waals surface area contributed by atoms with Crippen molar-refractivity contribution < 1.29 is 9.53 Å². The second kappa shape index (κ2) is 9.62. The zero-order valence-corrected chi connectivity index (χ0v) is 16.5. The van der Waals surface area contributed by atoms with Gasteiger partial charge in [-0.25, -0.2) is 9.97 Å². The van der Waals surface area contributed by atoms with Crippen LogP contribution in [0.3, 0.4) is 0 Å². The molecule has 0 bridgehead atoms. The molecule has 9 nitrogen and oxygen atoms in total. The van der Waals surface area contributed by atoms with Gasteiger partial charge in [-0.1, -0.05) is 0 Å². The maximum Gasteiger partial charge on any atom is 0.255 e. The topological polar surface area (TPSA) is 86.7 Å². The number of carbonyl (C=O) groups excluding carboxylic acids is 1. The molecule has 0 unspecified atom stereocenters. The van der Waals surface area contributed by atoms with Gasteiger partial charge in [0.15, 0.2) is 0 Å². The van der Waals surface area contributed by atoms with E-state index in [4.69, 9.17) is 4.74 Å². The molecule has 0 atom stereocenters. The van der Waals surface area contributed by atoms with Crippen molar-refractivity contribution in [2.75, 3.05) is 75.8 Å². The summed E-state index contributed by atoms with van der Waals surface area (Å²) in [6, 6.07) is 3.69. The largest absolute Gasteiger partial charge is 0.382 e.